The zero-order valence-corrected chi connectivity index (χ0v) is 22.7. The molecule has 2 aromatic rings. The maximum absolute atomic E-state index is 13.2. The molecule has 0 radical (unpaired) electrons. The van der Waals surface area contributed by atoms with Crippen LogP contribution in [0, 0.1) is 5.92 Å². The number of carbonyl (C=O) groups is 1. The van der Waals surface area contributed by atoms with Crippen LogP contribution in [-0.2, 0) is 39.2 Å². The summed E-state index contributed by atoms with van der Waals surface area (Å²) in [6, 6.07) is 14.2. The van der Waals surface area contributed by atoms with Gasteiger partial charge < -0.3 is 8.92 Å². The number of esters is 1. The molecule has 10 heteroatoms. The molecule has 0 bridgehead atoms. The predicted octanol–water partition coefficient (Wildman–Crippen LogP) is 6.38. The number of halogens is 3. The average Bonchev–Trinajstić information content (AvgIpc) is 2.88. The number of hydrogen-bond donors (Lipinski definition) is 0. The van der Waals surface area contributed by atoms with Crippen molar-refractivity contribution in [3.63, 3.8) is 0 Å². The summed E-state index contributed by atoms with van der Waals surface area (Å²) in [7, 11) is -4.70. The van der Waals surface area contributed by atoms with Gasteiger partial charge in [0.2, 0.25) is 0 Å². The molecule has 2 aromatic carbocycles. The van der Waals surface area contributed by atoms with E-state index in [2.05, 4.69) is 20.7 Å². The Balaban J connectivity index is 1.91. The molecule has 1 saturated carbocycles. The Bertz CT molecular complexity index is 1150. The minimum absolute atomic E-state index is 0.190. The summed E-state index contributed by atoms with van der Waals surface area (Å²) in [5.41, 5.74) is -3.94. The molecule has 0 aromatic heterocycles. The minimum atomic E-state index is -5.89. The third-order valence-corrected chi connectivity index (χ3v) is 8.06. The van der Waals surface area contributed by atoms with E-state index in [0.29, 0.717) is 23.6 Å². The SMILES string of the molecule is CCCCC1CCC(N(Cc2ccccc2)Cc2ccc(CC(=O)OC)cc2OS(=O)(=O)C(F)(F)F)CC1. The van der Waals surface area contributed by atoms with Crippen molar-refractivity contribution in [3.8, 4) is 5.75 Å². The van der Waals surface area contributed by atoms with Crippen LogP contribution in [0.15, 0.2) is 48.5 Å². The molecule has 210 valence electrons. The lowest BCUT2D eigenvalue weighted by atomic mass is 9.82. The van der Waals surface area contributed by atoms with Gasteiger partial charge in [-0.3, -0.25) is 9.69 Å². The summed E-state index contributed by atoms with van der Waals surface area (Å²) in [6.07, 6.45) is 7.42. The topological polar surface area (TPSA) is 72.9 Å². The third kappa shape index (κ3) is 8.46. The van der Waals surface area contributed by atoms with Gasteiger partial charge in [-0.25, -0.2) is 0 Å². The molecular weight excluding hydrogens is 519 g/mol. The van der Waals surface area contributed by atoms with Crippen LogP contribution in [-0.4, -0.2) is 37.9 Å². The molecule has 0 aliphatic heterocycles. The molecule has 0 amide bonds. The van der Waals surface area contributed by atoms with Gasteiger partial charge in [0, 0.05) is 24.7 Å². The molecule has 1 fully saturated rings. The van der Waals surface area contributed by atoms with Gasteiger partial charge in [0.25, 0.3) is 0 Å². The smallest absolute Gasteiger partial charge is 0.469 e. The first-order valence-electron chi connectivity index (χ1n) is 13.0. The van der Waals surface area contributed by atoms with Gasteiger partial charge in [-0.05, 0) is 48.8 Å². The summed E-state index contributed by atoms with van der Waals surface area (Å²) in [6.45, 7) is 2.93. The van der Waals surface area contributed by atoms with Crippen molar-refractivity contribution >= 4 is 16.1 Å². The Morgan fingerprint density at radius 1 is 1.00 bits per heavy atom. The number of ether oxygens (including phenoxy) is 1. The largest absolute Gasteiger partial charge is 0.534 e. The fourth-order valence-corrected chi connectivity index (χ4v) is 5.45. The molecule has 1 aliphatic rings. The van der Waals surface area contributed by atoms with Crippen molar-refractivity contribution < 1.29 is 35.3 Å². The quantitative estimate of drug-likeness (QED) is 0.172. The number of methoxy groups -OCH3 is 1. The van der Waals surface area contributed by atoms with Crippen LogP contribution in [0.5, 0.6) is 5.75 Å². The van der Waals surface area contributed by atoms with Gasteiger partial charge in [-0.2, -0.15) is 21.6 Å². The van der Waals surface area contributed by atoms with Crippen molar-refractivity contribution in [1.82, 2.24) is 4.90 Å². The Morgan fingerprint density at radius 2 is 1.68 bits per heavy atom. The maximum Gasteiger partial charge on any atom is 0.534 e. The summed E-state index contributed by atoms with van der Waals surface area (Å²) < 4.78 is 72.6. The molecule has 0 spiro atoms. The standard InChI is InChI=1S/C28H36F3NO5S/c1-3-4-8-21-12-15-25(16-13-21)32(19-22-9-6-5-7-10-22)20-24-14-11-23(18-27(33)36-2)17-26(24)37-38(34,35)28(29,30)31/h5-7,9-11,14,17,21,25H,3-4,8,12-13,15-16,18-20H2,1-2H3. The first kappa shape index (κ1) is 30.0. The van der Waals surface area contributed by atoms with Crippen molar-refractivity contribution in [2.75, 3.05) is 7.11 Å². The van der Waals surface area contributed by atoms with Crippen molar-refractivity contribution in [2.24, 2.45) is 5.92 Å². The zero-order valence-electron chi connectivity index (χ0n) is 21.9. The van der Waals surface area contributed by atoms with E-state index in [1.165, 1.54) is 32.1 Å². The second-order valence-electron chi connectivity index (χ2n) is 9.89. The fourth-order valence-electron chi connectivity index (χ4n) is 4.96. The van der Waals surface area contributed by atoms with E-state index in [1.54, 1.807) is 6.07 Å². The first-order chi connectivity index (χ1) is 18.0. The molecular formula is C28H36F3NO5S. The number of nitrogens with zero attached hydrogens (tertiary/aromatic N) is 1. The minimum Gasteiger partial charge on any atom is -0.469 e. The van der Waals surface area contributed by atoms with Crippen LogP contribution >= 0.6 is 0 Å². The van der Waals surface area contributed by atoms with Crippen molar-refractivity contribution in [1.29, 1.82) is 0 Å². The lowest BCUT2D eigenvalue weighted by Gasteiger charge is -2.37. The highest BCUT2D eigenvalue weighted by Gasteiger charge is 2.49. The lowest BCUT2D eigenvalue weighted by Crippen LogP contribution is -2.37. The summed E-state index contributed by atoms with van der Waals surface area (Å²) in [5, 5.41) is 0. The van der Waals surface area contributed by atoms with Crippen LogP contribution in [0.3, 0.4) is 0 Å². The molecule has 0 unspecified atom stereocenters. The predicted molar refractivity (Wildman–Crippen MR) is 139 cm³/mol. The van der Waals surface area contributed by atoms with Crippen LogP contribution < -0.4 is 4.18 Å². The van der Waals surface area contributed by atoms with Gasteiger partial charge in [0.05, 0.1) is 13.5 Å². The van der Waals surface area contributed by atoms with Crippen LogP contribution in [0.25, 0.3) is 0 Å². The number of alkyl halides is 3. The van der Waals surface area contributed by atoms with E-state index in [9.17, 15) is 26.4 Å². The monoisotopic (exact) mass is 555 g/mol. The fraction of sp³-hybridized carbons (Fsp3) is 0.536. The van der Waals surface area contributed by atoms with E-state index in [-0.39, 0.29) is 19.0 Å². The van der Waals surface area contributed by atoms with Crippen molar-refractivity contribution in [3.05, 3.63) is 65.2 Å². The van der Waals surface area contributed by atoms with E-state index in [4.69, 9.17) is 0 Å². The second-order valence-corrected chi connectivity index (χ2v) is 11.4. The highest BCUT2D eigenvalue weighted by molar-refractivity contribution is 7.88. The van der Waals surface area contributed by atoms with Gasteiger partial charge in [-0.1, -0.05) is 68.7 Å². The molecule has 0 saturated heterocycles. The lowest BCUT2D eigenvalue weighted by molar-refractivity contribution is -0.139. The molecule has 0 atom stereocenters. The Labute approximate surface area is 223 Å². The Morgan fingerprint density at radius 3 is 2.29 bits per heavy atom. The zero-order chi connectivity index (χ0) is 27.8. The van der Waals surface area contributed by atoms with Gasteiger partial charge in [-0.15, -0.1) is 0 Å². The molecule has 0 heterocycles. The first-order valence-corrected chi connectivity index (χ1v) is 14.4. The second kappa shape index (κ2) is 13.5. The van der Waals surface area contributed by atoms with E-state index >= 15 is 0 Å². The molecule has 6 nitrogen and oxygen atoms in total. The van der Waals surface area contributed by atoms with Gasteiger partial charge >= 0.3 is 21.6 Å². The van der Waals surface area contributed by atoms with E-state index < -0.39 is 27.3 Å². The number of hydrogen-bond acceptors (Lipinski definition) is 6. The van der Waals surface area contributed by atoms with Crippen LogP contribution in [0.2, 0.25) is 0 Å². The van der Waals surface area contributed by atoms with E-state index in [1.807, 2.05) is 30.3 Å². The number of rotatable bonds is 12. The van der Waals surface area contributed by atoms with Gasteiger partial charge in [0.15, 0.2) is 0 Å². The normalized spacial score (nSPS) is 18.4. The molecule has 3 rings (SSSR count). The summed E-state index contributed by atoms with van der Waals surface area (Å²) >= 11 is 0. The van der Waals surface area contributed by atoms with Crippen LogP contribution in [0.1, 0.15) is 68.6 Å². The molecule has 1 aliphatic carbocycles. The third-order valence-electron chi connectivity index (χ3n) is 7.09. The highest BCUT2D eigenvalue weighted by Crippen LogP contribution is 2.35. The molecule has 38 heavy (non-hydrogen) atoms. The number of benzene rings is 2. The number of carbonyl (C=O) groups excluding carboxylic acids is 1. The summed E-state index contributed by atoms with van der Waals surface area (Å²) in [5.74, 6) is -0.357. The Hall–Kier alpha value is -2.59. The summed E-state index contributed by atoms with van der Waals surface area (Å²) in [4.78, 5) is 13.9. The number of unbranched alkanes of at least 4 members (excludes halogenated alkanes) is 1. The van der Waals surface area contributed by atoms with E-state index in [0.717, 1.165) is 37.7 Å². The molecule has 0 N–H and O–H groups in total. The van der Waals surface area contributed by atoms with Crippen molar-refractivity contribution in [2.45, 2.75) is 82.9 Å². The Kier molecular flexibility index (Phi) is 10.6. The highest BCUT2D eigenvalue weighted by atomic mass is 32.2. The van der Waals surface area contributed by atoms with Gasteiger partial charge in [0.1, 0.15) is 5.75 Å². The average molecular weight is 556 g/mol. The maximum atomic E-state index is 13.2. The van der Waals surface area contributed by atoms with Crippen LogP contribution in [0.4, 0.5) is 13.2 Å².